The zero-order chi connectivity index (χ0) is 21.7. The van der Waals surface area contributed by atoms with E-state index in [4.69, 9.17) is 15.2 Å². The summed E-state index contributed by atoms with van der Waals surface area (Å²) in [5.41, 5.74) is 7.88. The lowest BCUT2D eigenvalue weighted by molar-refractivity contribution is -0.141. The van der Waals surface area contributed by atoms with Crippen LogP contribution in [-0.2, 0) is 30.5 Å². The Hall–Kier alpha value is -3.55. The minimum atomic E-state index is -0.696. The smallest absolute Gasteiger partial charge is 0.305 e. The number of ketones is 1. The van der Waals surface area contributed by atoms with Gasteiger partial charge < -0.3 is 24.8 Å². The van der Waals surface area contributed by atoms with Gasteiger partial charge in [0.15, 0.2) is 5.76 Å². The van der Waals surface area contributed by atoms with Gasteiger partial charge in [0.25, 0.3) is 0 Å². The van der Waals surface area contributed by atoms with Crippen LogP contribution >= 0.6 is 0 Å². The van der Waals surface area contributed by atoms with E-state index in [-0.39, 0.29) is 37.5 Å². The fraction of sp³-hybridized carbons (Fsp3) is 0.318. The first-order valence-electron chi connectivity index (χ1n) is 9.48. The van der Waals surface area contributed by atoms with Crippen LogP contribution < -0.4 is 10.5 Å². The number of allylic oxidation sites excluding steroid dienone is 2. The number of methoxy groups -OCH3 is 2. The van der Waals surface area contributed by atoms with Crippen LogP contribution in [0.1, 0.15) is 18.4 Å². The van der Waals surface area contributed by atoms with Crippen molar-refractivity contribution in [2.75, 3.05) is 20.8 Å². The molecule has 0 spiro atoms. The van der Waals surface area contributed by atoms with Gasteiger partial charge in [-0.25, -0.2) is 0 Å². The molecule has 1 unspecified atom stereocenters. The number of hydrogen-bond donors (Lipinski definition) is 1. The average Bonchev–Trinajstić information content (AvgIpc) is 3.16. The number of primary amides is 1. The molecule has 0 radical (unpaired) electrons. The van der Waals surface area contributed by atoms with Crippen molar-refractivity contribution < 1.29 is 28.6 Å². The first-order chi connectivity index (χ1) is 14.4. The van der Waals surface area contributed by atoms with E-state index in [1.165, 1.54) is 13.2 Å². The monoisotopic (exact) mass is 412 g/mol. The highest BCUT2D eigenvalue weighted by Gasteiger charge is 2.33. The van der Waals surface area contributed by atoms with Crippen molar-refractivity contribution in [3.8, 4) is 5.75 Å². The molecule has 1 aliphatic carbocycles. The summed E-state index contributed by atoms with van der Waals surface area (Å²) in [5.74, 6) is -0.264. The minimum absolute atomic E-state index is 0.0663. The summed E-state index contributed by atoms with van der Waals surface area (Å²) < 4.78 is 15.7. The van der Waals surface area contributed by atoms with Crippen molar-refractivity contribution in [2.45, 2.75) is 25.5 Å². The number of amides is 1. The normalized spacial score (nSPS) is 16.1. The van der Waals surface area contributed by atoms with Gasteiger partial charge in [0, 0.05) is 24.7 Å². The first kappa shape index (κ1) is 21.2. The Kier molecular flexibility index (Phi) is 6.56. The number of benzene rings is 1. The summed E-state index contributed by atoms with van der Waals surface area (Å²) in [6.45, 7) is 0.484. The van der Waals surface area contributed by atoms with Gasteiger partial charge in [-0.2, -0.15) is 0 Å². The molecule has 1 heterocycles. The van der Waals surface area contributed by atoms with Gasteiger partial charge in [-0.1, -0.05) is 12.1 Å². The van der Waals surface area contributed by atoms with Gasteiger partial charge in [0.1, 0.15) is 18.4 Å². The van der Waals surface area contributed by atoms with Crippen LogP contribution in [0.15, 0.2) is 59.5 Å². The molecule has 3 rings (SSSR count). The zero-order valence-electron chi connectivity index (χ0n) is 16.9. The molecule has 0 aromatic heterocycles. The predicted octanol–water partition coefficient (Wildman–Crippen LogP) is 1.61. The Morgan fingerprint density at radius 2 is 2.03 bits per heavy atom. The lowest BCUT2D eigenvalue weighted by atomic mass is 10.00. The first-order valence-corrected chi connectivity index (χ1v) is 9.48. The SMILES string of the molecule is COC(=O)CCC(C(N)=O)N1C=C2C=CC(=O)C(OCc3cccc(OC)c3)=C2C1. The molecule has 1 aromatic rings. The second-order valence-corrected chi connectivity index (χ2v) is 6.94. The number of hydrogen-bond acceptors (Lipinski definition) is 7. The standard InChI is InChI=1S/C22H24N2O6/c1-28-16-5-3-4-14(10-16)13-30-21-17-12-24(11-15(17)6-8-19(21)25)18(22(23)27)7-9-20(26)29-2/h3-6,8,10-11,18H,7,9,12-13H2,1-2H3,(H2,23,27). The topological polar surface area (TPSA) is 108 Å². The van der Waals surface area contributed by atoms with Gasteiger partial charge in [-0.15, -0.1) is 0 Å². The molecule has 8 heteroatoms. The van der Waals surface area contributed by atoms with Crippen molar-refractivity contribution in [2.24, 2.45) is 5.73 Å². The zero-order valence-corrected chi connectivity index (χ0v) is 16.9. The third-order valence-corrected chi connectivity index (χ3v) is 5.00. The van der Waals surface area contributed by atoms with Crippen LogP contribution in [0.5, 0.6) is 5.75 Å². The summed E-state index contributed by atoms with van der Waals surface area (Å²) >= 11 is 0. The van der Waals surface area contributed by atoms with E-state index in [1.54, 1.807) is 24.3 Å². The van der Waals surface area contributed by atoms with Crippen LogP contribution in [0, 0.1) is 0 Å². The van der Waals surface area contributed by atoms with Crippen LogP contribution in [0.4, 0.5) is 0 Å². The van der Waals surface area contributed by atoms with Crippen molar-refractivity contribution in [1.29, 1.82) is 0 Å². The second-order valence-electron chi connectivity index (χ2n) is 6.94. The van der Waals surface area contributed by atoms with Gasteiger partial charge in [-0.3, -0.25) is 14.4 Å². The molecule has 1 amide bonds. The Morgan fingerprint density at radius 1 is 1.23 bits per heavy atom. The molecule has 0 bridgehead atoms. The molecule has 1 aliphatic heterocycles. The Bertz CT molecular complexity index is 947. The fourth-order valence-electron chi connectivity index (χ4n) is 3.42. The highest BCUT2D eigenvalue weighted by molar-refractivity contribution is 6.05. The predicted molar refractivity (Wildman–Crippen MR) is 108 cm³/mol. The largest absolute Gasteiger partial charge is 0.497 e. The van der Waals surface area contributed by atoms with E-state index in [1.807, 2.05) is 24.3 Å². The van der Waals surface area contributed by atoms with E-state index in [9.17, 15) is 14.4 Å². The molecule has 0 saturated carbocycles. The molecule has 1 atom stereocenters. The number of carbonyl (C=O) groups excluding carboxylic acids is 3. The molecule has 0 saturated heterocycles. The van der Waals surface area contributed by atoms with Crippen molar-refractivity contribution in [3.63, 3.8) is 0 Å². The molecule has 30 heavy (non-hydrogen) atoms. The Labute approximate surface area is 174 Å². The average molecular weight is 412 g/mol. The lowest BCUT2D eigenvalue weighted by Crippen LogP contribution is -2.41. The summed E-state index contributed by atoms with van der Waals surface area (Å²) in [5, 5.41) is 0. The Morgan fingerprint density at radius 3 is 2.73 bits per heavy atom. The molecule has 2 aliphatic rings. The van der Waals surface area contributed by atoms with Crippen molar-refractivity contribution in [3.05, 3.63) is 65.1 Å². The summed E-state index contributed by atoms with van der Waals surface area (Å²) in [6, 6.07) is 6.69. The fourth-order valence-corrected chi connectivity index (χ4v) is 3.42. The molecule has 1 aromatic carbocycles. The highest BCUT2D eigenvalue weighted by Crippen LogP contribution is 2.32. The maximum atomic E-state index is 12.5. The van der Waals surface area contributed by atoms with E-state index >= 15 is 0 Å². The number of carbonyl (C=O) groups is 3. The van der Waals surface area contributed by atoms with E-state index in [2.05, 4.69) is 4.74 Å². The van der Waals surface area contributed by atoms with Gasteiger partial charge in [0.2, 0.25) is 11.7 Å². The third kappa shape index (κ3) is 4.71. The third-order valence-electron chi connectivity index (χ3n) is 5.00. The van der Waals surface area contributed by atoms with Crippen LogP contribution in [0.3, 0.4) is 0 Å². The number of nitrogens with two attached hydrogens (primary N) is 1. The van der Waals surface area contributed by atoms with Gasteiger partial charge in [0.05, 0.1) is 14.2 Å². The van der Waals surface area contributed by atoms with Crippen LogP contribution in [-0.4, -0.2) is 49.4 Å². The summed E-state index contributed by atoms with van der Waals surface area (Å²) in [6.07, 6.45) is 5.18. The maximum absolute atomic E-state index is 12.5. The van der Waals surface area contributed by atoms with Crippen LogP contribution in [0.25, 0.3) is 0 Å². The lowest BCUT2D eigenvalue weighted by Gasteiger charge is -2.25. The van der Waals surface area contributed by atoms with Gasteiger partial charge in [-0.05, 0) is 41.8 Å². The molecular weight excluding hydrogens is 388 g/mol. The summed E-state index contributed by atoms with van der Waals surface area (Å²) in [7, 11) is 2.88. The second kappa shape index (κ2) is 9.30. The molecular formula is C22H24N2O6. The number of ether oxygens (including phenoxy) is 3. The highest BCUT2D eigenvalue weighted by atomic mass is 16.5. The molecule has 158 valence electrons. The van der Waals surface area contributed by atoms with Crippen molar-refractivity contribution in [1.82, 2.24) is 4.90 Å². The maximum Gasteiger partial charge on any atom is 0.305 e. The number of fused-ring (bicyclic) bond motifs is 1. The summed E-state index contributed by atoms with van der Waals surface area (Å²) in [4.78, 5) is 37.6. The quantitative estimate of drug-likeness (QED) is 0.614. The van der Waals surface area contributed by atoms with E-state index < -0.39 is 17.9 Å². The minimum Gasteiger partial charge on any atom is -0.497 e. The Balaban J connectivity index is 1.77. The molecule has 8 nitrogen and oxygen atoms in total. The van der Waals surface area contributed by atoms with Crippen LogP contribution in [0.2, 0.25) is 0 Å². The number of nitrogens with zero attached hydrogens (tertiary/aromatic N) is 1. The van der Waals surface area contributed by atoms with Gasteiger partial charge >= 0.3 is 5.97 Å². The van der Waals surface area contributed by atoms with E-state index in [0.717, 1.165) is 11.1 Å². The number of esters is 1. The van der Waals surface area contributed by atoms with E-state index in [0.29, 0.717) is 11.3 Å². The molecule has 0 fully saturated rings. The van der Waals surface area contributed by atoms with Crippen molar-refractivity contribution >= 4 is 17.7 Å². The number of rotatable bonds is 9. The molecule has 2 N–H and O–H groups in total.